The van der Waals surface area contributed by atoms with Crippen LogP contribution >= 0.6 is 0 Å². The highest BCUT2D eigenvalue weighted by Crippen LogP contribution is 2.32. The number of nitro groups is 1. The molecule has 1 aliphatic heterocycles. The SMILES string of the molecule is O=C(OCc1ccc([N+](=O)[O-])cc1)C1CCN(C(=O)C2CC2)CC1. The molecule has 1 saturated heterocycles. The van der Waals surface area contributed by atoms with Crippen LogP contribution in [0.15, 0.2) is 24.3 Å². The molecule has 1 aromatic carbocycles. The number of likely N-dealkylation sites (tertiary alicyclic amines) is 1. The summed E-state index contributed by atoms with van der Waals surface area (Å²) in [4.78, 5) is 36.1. The highest BCUT2D eigenvalue weighted by atomic mass is 16.6. The number of benzene rings is 1. The van der Waals surface area contributed by atoms with E-state index in [4.69, 9.17) is 4.74 Å². The van der Waals surface area contributed by atoms with Gasteiger partial charge >= 0.3 is 5.97 Å². The molecule has 0 aromatic heterocycles. The minimum Gasteiger partial charge on any atom is -0.461 e. The van der Waals surface area contributed by atoms with Crippen LogP contribution in [-0.2, 0) is 20.9 Å². The fraction of sp³-hybridized carbons (Fsp3) is 0.529. The van der Waals surface area contributed by atoms with E-state index in [1.54, 1.807) is 12.1 Å². The summed E-state index contributed by atoms with van der Waals surface area (Å²) in [5, 5.41) is 10.6. The Morgan fingerprint density at radius 2 is 1.71 bits per heavy atom. The van der Waals surface area contributed by atoms with Crippen LogP contribution in [0.25, 0.3) is 0 Å². The molecular weight excluding hydrogens is 312 g/mol. The van der Waals surface area contributed by atoms with Gasteiger partial charge in [-0.05, 0) is 43.4 Å². The smallest absolute Gasteiger partial charge is 0.309 e. The normalized spacial score (nSPS) is 18.2. The van der Waals surface area contributed by atoms with Crippen LogP contribution in [0.4, 0.5) is 5.69 Å². The van der Waals surface area contributed by atoms with Crippen molar-refractivity contribution in [2.45, 2.75) is 32.3 Å². The Hall–Kier alpha value is -2.44. The van der Waals surface area contributed by atoms with Gasteiger partial charge in [0.2, 0.25) is 5.91 Å². The topological polar surface area (TPSA) is 89.8 Å². The number of nitro benzene ring substituents is 1. The zero-order valence-electron chi connectivity index (χ0n) is 13.3. The lowest BCUT2D eigenvalue weighted by Gasteiger charge is -2.31. The van der Waals surface area contributed by atoms with E-state index in [0.29, 0.717) is 25.9 Å². The third-order valence-electron chi connectivity index (χ3n) is 4.59. The summed E-state index contributed by atoms with van der Waals surface area (Å²) in [5.41, 5.74) is 0.730. The van der Waals surface area contributed by atoms with E-state index >= 15 is 0 Å². The maximum absolute atomic E-state index is 12.1. The maximum Gasteiger partial charge on any atom is 0.309 e. The quantitative estimate of drug-likeness (QED) is 0.469. The molecule has 3 rings (SSSR count). The van der Waals surface area contributed by atoms with E-state index < -0.39 is 4.92 Å². The molecule has 2 aliphatic rings. The number of esters is 1. The van der Waals surface area contributed by atoms with Gasteiger partial charge < -0.3 is 9.64 Å². The molecule has 7 heteroatoms. The van der Waals surface area contributed by atoms with Crippen molar-refractivity contribution in [2.75, 3.05) is 13.1 Å². The first-order valence-corrected chi connectivity index (χ1v) is 8.23. The molecule has 128 valence electrons. The molecule has 0 radical (unpaired) electrons. The number of hydrogen-bond acceptors (Lipinski definition) is 5. The second-order valence-corrected chi connectivity index (χ2v) is 6.41. The van der Waals surface area contributed by atoms with Gasteiger partial charge in [0.05, 0.1) is 10.8 Å². The second kappa shape index (κ2) is 6.98. The van der Waals surface area contributed by atoms with E-state index in [1.807, 2.05) is 4.90 Å². The van der Waals surface area contributed by atoms with Crippen molar-refractivity contribution in [3.8, 4) is 0 Å². The number of nitrogens with zero attached hydrogens (tertiary/aromatic N) is 2. The number of hydrogen-bond donors (Lipinski definition) is 0. The van der Waals surface area contributed by atoms with Crippen molar-refractivity contribution >= 4 is 17.6 Å². The zero-order chi connectivity index (χ0) is 17.1. The summed E-state index contributed by atoms with van der Waals surface area (Å²) in [6.07, 6.45) is 3.27. The van der Waals surface area contributed by atoms with Crippen molar-refractivity contribution < 1.29 is 19.2 Å². The first-order valence-electron chi connectivity index (χ1n) is 8.23. The summed E-state index contributed by atoms with van der Waals surface area (Å²) in [6.45, 7) is 1.34. The lowest BCUT2D eigenvalue weighted by atomic mass is 9.96. The molecule has 1 aromatic rings. The summed E-state index contributed by atoms with van der Waals surface area (Å²) in [7, 11) is 0. The minimum absolute atomic E-state index is 0.0118. The highest BCUT2D eigenvalue weighted by molar-refractivity contribution is 5.81. The van der Waals surface area contributed by atoms with E-state index in [0.717, 1.165) is 18.4 Å². The Bertz CT molecular complexity index is 631. The number of piperidine rings is 1. The van der Waals surface area contributed by atoms with Gasteiger partial charge in [-0.3, -0.25) is 19.7 Å². The molecule has 24 heavy (non-hydrogen) atoms. The maximum atomic E-state index is 12.1. The molecule has 0 spiro atoms. The van der Waals surface area contributed by atoms with Crippen molar-refractivity contribution in [1.82, 2.24) is 4.90 Å². The first-order chi connectivity index (χ1) is 11.5. The average Bonchev–Trinajstić information content (AvgIpc) is 3.44. The van der Waals surface area contributed by atoms with Crippen molar-refractivity contribution in [2.24, 2.45) is 11.8 Å². The van der Waals surface area contributed by atoms with Gasteiger partial charge in [0, 0.05) is 31.1 Å². The van der Waals surface area contributed by atoms with E-state index in [2.05, 4.69) is 0 Å². The van der Waals surface area contributed by atoms with Crippen molar-refractivity contribution in [3.63, 3.8) is 0 Å². The molecule has 0 N–H and O–H groups in total. The van der Waals surface area contributed by atoms with Gasteiger partial charge in [0.15, 0.2) is 0 Å². The average molecular weight is 332 g/mol. The largest absolute Gasteiger partial charge is 0.461 e. The molecule has 2 fully saturated rings. The molecule has 7 nitrogen and oxygen atoms in total. The number of carbonyl (C=O) groups is 2. The predicted molar refractivity (Wildman–Crippen MR) is 84.9 cm³/mol. The zero-order valence-corrected chi connectivity index (χ0v) is 13.3. The minimum atomic E-state index is -0.466. The molecule has 1 saturated carbocycles. The number of non-ortho nitro benzene ring substituents is 1. The summed E-state index contributed by atoms with van der Waals surface area (Å²) < 4.78 is 5.31. The summed E-state index contributed by atoms with van der Waals surface area (Å²) in [5.74, 6) is 0.0153. The lowest BCUT2D eigenvalue weighted by Crippen LogP contribution is -2.41. The third-order valence-corrected chi connectivity index (χ3v) is 4.59. The molecule has 1 aliphatic carbocycles. The van der Waals surface area contributed by atoms with Crippen LogP contribution in [0.2, 0.25) is 0 Å². The Morgan fingerprint density at radius 1 is 1.08 bits per heavy atom. The molecule has 0 unspecified atom stereocenters. The van der Waals surface area contributed by atoms with Gasteiger partial charge in [-0.2, -0.15) is 0 Å². The molecular formula is C17H20N2O5. The van der Waals surface area contributed by atoms with Crippen LogP contribution in [0.1, 0.15) is 31.2 Å². The van der Waals surface area contributed by atoms with Crippen LogP contribution in [0.3, 0.4) is 0 Å². The van der Waals surface area contributed by atoms with Crippen molar-refractivity contribution in [1.29, 1.82) is 0 Å². The van der Waals surface area contributed by atoms with Gasteiger partial charge in [-0.15, -0.1) is 0 Å². The number of ether oxygens (including phenoxy) is 1. The fourth-order valence-electron chi connectivity index (χ4n) is 2.91. The number of rotatable bonds is 5. The molecule has 0 atom stereocenters. The van der Waals surface area contributed by atoms with Gasteiger partial charge in [0.25, 0.3) is 5.69 Å². The van der Waals surface area contributed by atoms with Gasteiger partial charge in [-0.25, -0.2) is 0 Å². The van der Waals surface area contributed by atoms with E-state index in [1.165, 1.54) is 12.1 Å². The van der Waals surface area contributed by atoms with Crippen LogP contribution in [-0.4, -0.2) is 34.8 Å². The number of amides is 1. The van der Waals surface area contributed by atoms with E-state index in [-0.39, 0.29) is 36.0 Å². The monoisotopic (exact) mass is 332 g/mol. The van der Waals surface area contributed by atoms with Crippen LogP contribution in [0, 0.1) is 22.0 Å². The van der Waals surface area contributed by atoms with Gasteiger partial charge in [-0.1, -0.05) is 0 Å². The highest BCUT2D eigenvalue weighted by Gasteiger charge is 2.36. The van der Waals surface area contributed by atoms with Crippen LogP contribution in [0.5, 0.6) is 0 Å². The van der Waals surface area contributed by atoms with E-state index in [9.17, 15) is 19.7 Å². The standard InChI is InChI=1S/C17H20N2O5/c20-16(13-3-4-13)18-9-7-14(8-10-18)17(21)24-11-12-1-5-15(6-2-12)19(22)23/h1-2,5-6,13-14H,3-4,7-11H2. The number of carbonyl (C=O) groups excluding carboxylic acids is 2. The Morgan fingerprint density at radius 3 is 2.25 bits per heavy atom. The van der Waals surface area contributed by atoms with Crippen molar-refractivity contribution in [3.05, 3.63) is 39.9 Å². The second-order valence-electron chi connectivity index (χ2n) is 6.41. The molecule has 1 heterocycles. The fourth-order valence-corrected chi connectivity index (χ4v) is 2.91. The van der Waals surface area contributed by atoms with Crippen LogP contribution < -0.4 is 0 Å². The summed E-state index contributed by atoms with van der Waals surface area (Å²) >= 11 is 0. The predicted octanol–water partition coefficient (Wildman–Crippen LogP) is 2.29. The summed E-state index contributed by atoms with van der Waals surface area (Å²) in [6, 6.07) is 5.96. The molecule has 0 bridgehead atoms. The Balaban J connectivity index is 1.44. The Kier molecular flexibility index (Phi) is 4.78. The Labute approximate surface area is 139 Å². The molecule has 1 amide bonds. The lowest BCUT2D eigenvalue weighted by molar-refractivity contribution is -0.384. The van der Waals surface area contributed by atoms with Gasteiger partial charge in [0.1, 0.15) is 6.61 Å². The third kappa shape index (κ3) is 3.90. The first kappa shape index (κ1) is 16.4.